The summed E-state index contributed by atoms with van der Waals surface area (Å²) in [5.41, 5.74) is 0.0706. The lowest BCUT2D eigenvalue weighted by Crippen LogP contribution is -2.61. The van der Waals surface area contributed by atoms with E-state index in [0.717, 1.165) is 18.6 Å². The van der Waals surface area contributed by atoms with E-state index in [-0.39, 0.29) is 21.4 Å². The number of amides is 4. The van der Waals surface area contributed by atoms with E-state index >= 15 is 0 Å². The lowest BCUT2D eigenvalue weighted by atomic mass is 9.88. The van der Waals surface area contributed by atoms with E-state index in [1.165, 1.54) is 36.0 Å². The first-order valence-electron chi connectivity index (χ1n) is 6.82. The van der Waals surface area contributed by atoms with Gasteiger partial charge in [0.15, 0.2) is 0 Å². The summed E-state index contributed by atoms with van der Waals surface area (Å²) < 4.78 is -0.208. The van der Waals surface area contributed by atoms with Crippen molar-refractivity contribution < 1.29 is 13.5 Å². The van der Waals surface area contributed by atoms with Crippen LogP contribution in [-0.2, 0) is 0 Å². The number of imide groups is 1. The molecule has 1 aliphatic carbocycles. The zero-order valence-corrected chi connectivity index (χ0v) is 12.7. The molecule has 2 rings (SSSR count). The van der Waals surface area contributed by atoms with E-state index in [1.54, 1.807) is 7.05 Å². The molecule has 0 aromatic carbocycles. The third-order valence-electron chi connectivity index (χ3n) is 4.03. The van der Waals surface area contributed by atoms with Crippen molar-refractivity contribution >= 4 is 30.3 Å². The minimum absolute atomic E-state index is 0.0706. The molecule has 1 fully saturated rings. The number of hydrogen-bond acceptors (Lipinski definition) is 3. The Bertz CT molecular complexity index is 418. The van der Waals surface area contributed by atoms with Crippen LogP contribution in [0.3, 0.4) is 0 Å². The van der Waals surface area contributed by atoms with Crippen LogP contribution in [-0.4, -0.2) is 46.5 Å². The van der Waals surface area contributed by atoms with Crippen LogP contribution in [0.25, 0.3) is 0 Å². The second kappa shape index (κ2) is 5.25. The number of carbonyl (C=O) groups is 2. The third kappa shape index (κ3) is 2.56. The van der Waals surface area contributed by atoms with Crippen LogP contribution >= 0.6 is 11.9 Å². The van der Waals surface area contributed by atoms with Gasteiger partial charge in [0.05, 0.1) is 11.9 Å². The molecule has 1 aliphatic heterocycles. The Morgan fingerprint density at radius 2 is 2.05 bits per heavy atom. The van der Waals surface area contributed by atoms with Gasteiger partial charge in [0.25, 0.3) is 0 Å². The second-order valence-electron chi connectivity index (χ2n) is 5.75. The monoisotopic (exact) mass is 284 g/mol. The van der Waals surface area contributed by atoms with E-state index in [2.05, 4.69) is 11.9 Å². The fourth-order valence-electron chi connectivity index (χ4n) is 3.05. The summed E-state index contributed by atoms with van der Waals surface area (Å²) in [5, 5.41) is 0. The van der Waals surface area contributed by atoms with Gasteiger partial charge < -0.3 is 0 Å². The van der Waals surface area contributed by atoms with E-state index in [0.29, 0.717) is 6.54 Å². The molecule has 1 heterocycles. The first-order chi connectivity index (χ1) is 8.93. The summed E-state index contributed by atoms with van der Waals surface area (Å²) in [4.78, 5) is 30.2. The van der Waals surface area contributed by atoms with E-state index in [1.807, 2.05) is 6.92 Å². The van der Waals surface area contributed by atoms with Crippen LogP contribution in [0.15, 0.2) is 4.99 Å². The van der Waals surface area contributed by atoms with Crippen molar-refractivity contribution in [2.24, 2.45) is 10.4 Å². The molecule has 0 radical (unpaired) electrons. The second-order valence-corrected chi connectivity index (χ2v) is 7.21. The van der Waals surface area contributed by atoms with Crippen LogP contribution in [0.2, 0.25) is 0 Å². The first kappa shape index (κ1) is 14.5. The van der Waals surface area contributed by atoms with Crippen LogP contribution in [0, 0.1) is 5.41 Å². The van der Waals surface area contributed by atoms with E-state index < -0.39 is 0 Å². The summed E-state index contributed by atoms with van der Waals surface area (Å²) in [6.07, 6.45) is 5.88. The molecule has 4 amide bonds. The summed E-state index contributed by atoms with van der Waals surface area (Å²) >= 11 is 1.39. The Morgan fingerprint density at radius 1 is 1.42 bits per heavy atom. The zero-order valence-electron chi connectivity index (χ0n) is 11.9. The van der Waals surface area contributed by atoms with Gasteiger partial charge in [-0.15, -0.1) is 4.99 Å². The van der Waals surface area contributed by atoms with Gasteiger partial charge in [-0.3, -0.25) is 4.90 Å². The smallest absolute Gasteiger partial charge is 0.253 e. The number of carbonyl (C=O) groups excluding carboxylic acids is 2. The lowest BCUT2D eigenvalue weighted by molar-refractivity contribution is -0.634. The molecule has 0 aromatic rings. The maximum Gasteiger partial charge on any atom is 0.464 e. The summed E-state index contributed by atoms with van der Waals surface area (Å²) in [5.74, 6) is 0.719. The standard InChI is InChI=1S/C13H22N3O2S/c1-4-19-16(9-13(2)7-5-6-8-13)11(17)14-10-15(3)12(16)18/h10H,4-9H2,1-3H3/q+1. The van der Waals surface area contributed by atoms with Crippen molar-refractivity contribution in [1.29, 1.82) is 0 Å². The quantitative estimate of drug-likeness (QED) is 0.588. The molecule has 5 nitrogen and oxygen atoms in total. The molecular weight excluding hydrogens is 262 g/mol. The molecule has 2 aliphatic rings. The van der Waals surface area contributed by atoms with Gasteiger partial charge in [-0.1, -0.05) is 30.6 Å². The van der Waals surface area contributed by atoms with Crippen molar-refractivity contribution in [3.05, 3.63) is 0 Å². The van der Waals surface area contributed by atoms with Crippen molar-refractivity contribution in [2.75, 3.05) is 19.3 Å². The molecule has 1 saturated carbocycles. The Hall–Kier alpha value is -0.880. The number of rotatable bonds is 4. The molecule has 6 heteroatoms. The van der Waals surface area contributed by atoms with Gasteiger partial charge in [-0.25, -0.2) is 9.59 Å². The van der Waals surface area contributed by atoms with Gasteiger partial charge in [0.2, 0.25) is 0 Å². The lowest BCUT2D eigenvalue weighted by Gasteiger charge is -2.37. The molecule has 0 aromatic heterocycles. The third-order valence-corrected chi connectivity index (χ3v) is 5.17. The molecule has 0 spiro atoms. The average molecular weight is 284 g/mol. The predicted octanol–water partition coefficient (Wildman–Crippen LogP) is 3.27. The molecule has 1 unspecified atom stereocenters. The Balaban J connectivity index is 2.33. The van der Waals surface area contributed by atoms with Crippen molar-refractivity contribution in [2.45, 2.75) is 39.5 Å². The summed E-state index contributed by atoms with van der Waals surface area (Å²) in [7, 11) is 1.67. The summed E-state index contributed by atoms with van der Waals surface area (Å²) in [6.45, 7) is 4.72. The number of urea groups is 2. The zero-order chi connectivity index (χ0) is 14.1. The van der Waals surface area contributed by atoms with Crippen molar-refractivity contribution in [3.8, 4) is 0 Å². The maximum absolute atomic E-state index is 12.5. The maximum atomic E-state index is 12.5. The highest BCUT2D eigenvalue weighted by molar-refractivity contribution is 7.94. The van der Waals surface area contributed by atoms with Gasteiger partial charge in [0, 0.05) is 18.2 Å². The topological polar surface area (TPSA) is 49.7 Å². The molecule has 1 atom stereocenters. The van der Waals surface area contributed by atoms with Crippen LogP contribution in [0.5, 0.6) is 0 Å². The highest BCUT2D eigenvalue weighted by atomic mass is 32.2. The van der Waals surface area contributed by atoms with Crippen LogP contribution < -0.4 is 0 Å². The van der Waals surface area contributed by atoms with Crippen molar-refractivity contribution in [3.63, 3.8) is 0 Å². The van der Waals surface area contributed by atoms with Gasteiger partial charge in [-0.05, 0) is 12.8 Å². The van der Waals surface area contributed by atoms with Gasteiger partial charge in [-0.2, -0.15) is 0 Å². The molecule has 0 saturated heterocycles. The summed E-state index contributed by atoms with van der Waals surface area (Å²) in [6, 6.07) is -0.497. The average Bonchev–Trinajstić information content (AvgIpc) is 2.78. The van der Waals surface area contributed by atoms with E-state index in [4.69, 9.17) is 0 Å². The normalized spacial score (nSPS) is 30.2. The molecule has 0 bridgehead atoms. The molecule has 106 valence electrons. The van der Waals surface area contributed by atoms with Crippen molar-refractivity contribution in [1.82, 2.24) is 4.90 Å². The minimum atomic E-state index is -0.330. The fourth-order valence-corrected chi connectivity index (χ4v) is 4.29. The van der Waals surface area contributed by atoms with Crippen LogP contribution in [0.4, 0.5) is 9.59 Å². The molecular formula is C13H22N3O2S+. The Labute approximate surface area is 118 Å². The molecule has 19 heavy (non-hydrogen) atoms. The van der Waals surface area contributed by atoms with Gasteiger partial charge >= 0.3 is 12.1 Å². The largest absolute Gasteiger partial charge is 0.464 e. The first-order valence-corrected chi connectivity index (χ1v) is 7.76. The number of hydrogen-bond donors (Lipinski definition) is 0. The highest BCUT2D eigenvalue weighted by Gasteiger charge is 2.54. The fraction of sp³-hybridized carbons (Fsp3) is 0.769. The Kier molecular flexibility index (Phi) is 4.01. The predicted molar refractivity (Wildman–Crippen MR) is 76.9 cm³/mol. The van der Waals surface area contributed by atoms with E-state index in [9.17, 15) is 9.59 Å². The number of aliphatic imine (C=N–C) groups is 1. The van der Waals surface area contributed by atoms with Crippen LogP contribution in [0.1, 0.15) is 39.5 Å². The number of nitrogens with zero attached hydrogens (tertiary/aromatic N) is 3. The number of quaternary nitrogens is 1. The SMILES string of the molecule is CCS[N+]1(CC2(C)CCCC2)C(=O)N=CN(C)C1=O. The Morgan fingerprint density at radius 3 is 2.63 bits per heavy atom. The molecule has 0 N–H and O–H groups in total. The minimum Gasteiger partial charge on any atom is -0.253 e. The van der Waals surface area contributed by atoms with Gasteiger partial charge in [0.1, 0.15) is 12.9 Å². The highest BCUT2D eigenvalue weighted by Crippen LogP contribution is 2.43.